The lowest BCUT2D eigenvalue weighted by atomic mass is 9.95. The minimum atomic E-state index is 0.711. The molecule has 0 saturated carbocycles. The fraction of sp³-hybridized carbons (Fsp3) is 0.647. The van der Waals surface area contributed by atoms with E-state index in [4.69, 9.17) is 11.6 Å². The summed E-state index contributed by atoms with van der Waals surface area (Å²) in [6.07, 6.45) is 6.50. The molecule has 20 heavy (non-hydrogen) atoms. The van der Waals surface area contributed by atoms with Gasteiger partial charge in [-0.1, -0.05) is 18.5 Å². The van der Waals surface area contributed by atoms with E-state index in [1.807, 2.05) is 6.07 Å². The summed E-state index contributed by atoms with van der Waals surface area (Å²) in [5.41, 5.74) is 2.71. The molecule has 2 aliphatic heterocycles. The van der Waals surface area contributed by atoms with Gasteiger partial charge in [0.05, 0.1) is 0 Å². The van der Waals surface area contributed by atoms with E-state index >= 15 is 0 Å². The second kappa shape index (κ2) is 5.95. The normalized spacial score (nSPS) is 28.9. The SMILES string of the molecule is CCCNC1CC2CCC(C1)N2c1ccc(Cl)cc1C. The second-order valence-corrected chi connectivity index (χ2v) is 6.78. The number of piperidine rings is 1. The third-order valence-corrected chi connectivity index (χ3v) is 5.09. The highest BCUT2D eigenvalue weighted by molar-refractivity contribution is 6.30. The van der Waals surface area contributed by atoms with Crippen molar-refractivity contribution in [3.05, 3.63) is 28.8 Å². The zero-order chi connectivity index (χ0) is 14.1. The molecule has 0 radical (unpaired) electrons. The molecule has 110 valence electrons. The van der Waals surface area contributed by atoms with Crippen LogP contribution in [0.1, 0.15) is 44.6 Å². The van der Waals surface area contributed by atoms with E-state index in [0.29, 0.717) is 12.1 Å². The first kappa shape index (κ1) is 14.2. The van der Waals surface area contributed by atoms with E-state index in [0.717, 1.165) is 17.6 Å². The Bertz CT molecular complexity index is 460. The van der Waals surface area contributed by atoms with Gasteiger partial charge in [0.2, 0.25) is 0 Å². The van der Waals surface area contributed by atoms with Gasteiger partial charge in [0.1, 0.15) is 0 Å². The molecule has 1 N–H and O–H groups in total. The molecule has 1 aromatic rings. The fourth-order valence-electron chi connectivity index (χ4n) is 3.99. The van der Waals surface area contributed by atoms with Gasteiger partial charge in [-0.2, -0.15) is 0 Å². The molecule has 0 aromatic heterocycles. The summed E-state index contributed by atoms with van der Waals surface area (Å²) in [6, 6.07) is 8.48. The third kappa shape index (κ3) is 2.68. The molecule has 3 heteroatoms. The first-order valence-electron chi connectivity index (χ1n) is 7.97. The number of aryl methyl sites for hydroxylation is 1. The zero-order valence-corrected chi connectivity index (χ0v) is 13.3. The number of anilines is 1. The molecule has 0 amide bonds. The average Bonchev–Trinajstić information content (AvgIpc) is 2.68. The maximum absolute atomic E-state index is 6.10. The Hall–Kier alpha value is -0.730. The highest BCUT2D eigenvalue weighted by atomic mass is 35.5. The second-order valence-electron chi connectivity index (χ2n) is 6.35. The van der Waals surface area contributed by atoms with Crippen molar-refractivity contribution in [2.24, 2.45) is 0 Å². The molecule has 2 atom stereocenters. The number of halogens is 1. The Morgan fingerprint density at radius 2 is 1.95 bits per heavy atom. The van der Waals surface area contributed by atoms with Gasteiger partial charge in [-0.3, -0.25) is 0 Å². The van der Waals surface area contributed by atoms with Crippen molar-refractivity contribution in [3.63, 3.8) is 0 Å². The van der Waals surface area contributed by atoms with Gasteiger partial charge in [-0.25, -0.2) is 0 Å². The van der Waals surface area contributed by atoms with Crippen molar-refractivity contribution in [1.29, 1.82) is 0 Å². The lowest BCUT2D eigenvalue weighted by Gasteiger charge is -2.41. The molecule has 2 aliphatic rings. The Morgan fingerprint density at radius 1 is 1.25 bits per heavy atom. The van der Waals surface area contributed by atoms with Crippen molar-refractivity contribution in [2.45, 2.75) is 64.1 Å². The quantitative estimate of drug-likeness (QED) is 0.897. The van der Waals surface area contributed by atoms with Crippen LogP contribution < -0.4 is 10.2 Å². The van der Waals surface area contributed by atoms with E-state index < -0.39 is 0 Å². The number of rotatable bonds is 4. The molecule has 2 nitrogen and oxygen atoms in total. The van der Waals surface area contributed by atoms with Gasteiger partial charge in [0, 0.05) is 28.8 Å². The van der Waals surface area contributed by atoms with E-state index in [2.05, 4.69) is 36.2 Å². The molecule has 2 fully saturated rings. The Balaban J connectivity index is 1.76. The largest absolute Gasteiger partial charge is 0.365 e. The van der Waals surface area contributed by atoms with Gasteiger partial charge in [0.25, 0.3) is 0 Å². The van der Waals surface area contributed by atoms with Crippen molar-refractivity contribution in [2.75, 3.05) is 11.4 Å². The smallest absolute Gasteiger partial charge is 0.0410 e. The summed E-state index contributed by atoms with van der Waals surface area (Å²) >= 11 is 6.10. The van der Waals surface area contributed by atoms with E-state index in [1.54, 1.807) is 0 Å². The molecule has 0 spiro atoms. The van der Waals surface area contributed by atoms with Crippen LogP contribution in [0.5, 0.6) is 0 Å². The third-order valence-electron chi connectivity index (χ3n) is 4.85. The first-order chi connectivity index (χ1) is 9.69. The lowest BCUT2D eigenvalue weighted by Crippen LogP contribution is -2.49. The van der Waals surface area contributed by atoms with Crippen LogP contribution in [0.2, 0.25) is 5.02 Å². The van der Waals surface area contributed by atoms with Crippen LogP contribution in [-0.2, 0) is 0 Å². The Kier molecular flexibility index (Phi) is 4.23. The molecule has 2 bridgehead atoms. The summed E-state index contributed by atoms with van der Waals surface area (Å²) < 4.78 is 0. The van der Waals surface area contributed by atoms with Gasteiger partial charge in [-0.05, 0) is 69.3 Å². The van der Waals surface area contributed by atoms with Crippen LogP contribution in [-0.4, -0.2) is 24.7 Å². The number of nitrogens with one attached hydrogen (secondary N) is 1. The first-order valence-corrected chi connectivity index (χ1v) is 8.34. The highest BCUT2D eigenvalue weighted by Gasteiger charge is 2.40. The van der Waals surface area contributed by atoms with Crippen LogP contribution in [0.25, 0.3) is 0 Å². The van der Waals surface area contributed by atoms with E-state index in [9.17, 15) is 0 Å². The minimum Gasteiger partial charge on any atom is -0.365 e. The van der Waals surface area contributed by atoms with E-state index in [-0.39, 0.29) is 0 Å². The van der Waals surface area contributed by atoms with Crippen LogP contribution in [0.3, 0.4) is 0 Å². The number of nitrogens with zero attached hydrogens (tertiary/aromatic N) is 1. The number of hydrogen-bond acceptors (Lipinski definition) is 2. The van der Waals surface area contributed by atoms with Crippen molar-refractivity contribution < 1.29 is 0 Å². The predicted octanol–water partition coefficient (Wildman–Crippen LogP) is 4.15. The molecule has 0 aliphatic carbocycles. The van der Waals surface area contributed by atoms with Crippen LogP contribution in [0.4, 0.5) is 5.69 Å². The summed E-state index contributed by atoms with van der Waals surface area (Å²) in [5.74, 6) is 0. The maximum atomic E-state index is 6.10. The molecular formula is C17H25ClN2. The monoisotopic (exact) mass is 292 g/mol. The molecule has 3 rings (SSSR count). The lowest BCUT2D eigenvalue weighted by molar-refractivity contribution is 0.356. The maximum Gasteiger partial charge on any atom is 0.0410 e. The highest BCUT2D eigenvalue weighted by Crippen LogP contribution is 2.40. The van der Waals surface area contributed by atoms with Gasteiger partial charge >= 0.3 is 0 Å². The summed E-state index contributed by atoms with van der Waals surface area (Å²) in [4.78, 5) is 2.68. The Labute approximate surface area is 127 Å². The topological polar surface area (TPSA) is 15.3 Å². The molecule has 2 saturated heterocycles. The van der Waals surface area contributed by atoms with Crippen LogP contribution in [0, 0.1) is 6.92 Å². The van der Waals surface area contributed by atoms with Crippen molar-refractivity contribution >= 4 is 17.3 Å². The van der Waals surface area contributed by atoms with Gasteiger partial charge in [0.15, 0.2) is 0 Å². The predicted molar refractivity (Wildman–Crippen MR) is 86.8 cm³/mol. The van der Waals surface area contributed by atoms with Gasteiger partial charge in [-0.15, -0.1) is 0 Å². The minimum absolute atomic E-state index is 0.711. The molecule has 1 aromatic carbocycles. The van der Waals surface area contributed by atoms with Crippen LogP contribution in [0.15, 0.2) is 18.2 Å². The Morgan fingerprint density at radius 3 is 2.55 bits per heavy atom. The number of benzene rings is 1. The average molecular weight is 293 g/mol. The standard InChI is InChI=1S/C17H25ClN2/c1-3-8-19-14-10-15-5-6-16(11-14)20(15)17-7-4-13(18)9-12(17)2/h4,7,9,14-16,19H,3,5-6,8,10-11H2,1-2H3. The summed E-state index contributed by atoms with van der Waals surface area (Å²) in [5, 5.41) is 4.57. The van der Waals surface area contributed by atoms with Crippen molar-refractivity contribution in [3.8, 4) is 0 Å². The molecular weight excluding hydrogens is 268 g/mol. The summed E-state index contributed by atoms with van der Waals surface area (Å²) in [7, 11) is 0. The zero-order valence-electron chi connectivity index (χ0n) is 12.5. The number of hydrogen-bond donors (Lipinski definition) is 1. The number of fused-ring (bicyclic) bond motifs is 2. The molecule has 2 heterocycles. The van der Waals surface area contributed by atoms with E-state index in [1.165, 1.54) is 43.4 Å². The fourth-order valence-corrected chi connectivity index (χ4v) is 4.22. The summed E-state index contributed by atoms with van der Waals surface area (Å²) in [6.45, 7) is 5.58. The van der Waals surface area contributed by atoms with Gasteiger partial charge < -0.3 is 10.2 Å². The molecule has 2 unspecified atom stereocenters. The van der Waals surface area contributed by atoms with Crippen molar-refractivity contribution in [1.82, 2.24) is 5.32 Å². The van der Waals surface area contributed by atoms with Crippen LogP contribution >= 0.6 is 11.6 Å².